The molecule has 3 aromatic rings. The van der Waals surface area contributed by atoms with Crippen LogP contribution in [0.15, 0.2) is 78.9 Å². The van der Waals surface area contributed by atoms with Crippen LogP contribution in [0.25, 0.3) is 0 Å². The molecule has 0 aromatic heterocycles. The molecule has 2 N–H and O–H groups in total. The van der Waals surface area contributed by atoms with Crippen LogP contribution >= 0.6 is 0 Å². The number of nitrogens with one attached hydrogen (secondary N) is 2. The molecule has 138 valence electrons. The number of carbonyl (C=O) groups excluding carboxylic acids is 1. The summed E-state index contributed by atoms with van der Waals surface area (Å²) in [6, 6.07) is 25.7. The zero-order chi connectivity index (χ0) is 19.1. The highest BCUT2D eigenvalue weighted by Crippen LogP contribution is 2.21. The minimum atomic E-state index is -0.138. The summed E-state index contributed by atoms with van der Waals surface area (Å²) in [4.78, 5) is 12.6. The lowest BCUT2D eigenvalue weighted by Gasteiger charge is -2.16. The maximum absolute atomic E-state index is 12.6. The minimum Gasteiger partial charge on any atom is -0.380 e. The standard InChI is InChI=1S/C23H24N2O2/c1-17(18-8-4-3-5-9-18)24-20-12-14-21(15-13-20)25-23(26)22-11-7-6-10-19(22)16-27-2/h3-15,17,24H,16H2,1-2H3,(H,25,26). The number of anilines is 2. The molecule has 0 aliphatic heterocycles. The van der Waals surface area contributed by atoms with Crippen LogP contribution in [0.4, 0.5) is 11.4 Å². The average Bonchev–Trinajstić information content (AvgIpc) is 2.71. The molecular weight excluding hydrogens is 336 g/mol. The third-order valence-electron chi connectivity index (χ3n) is 4.39. The molecule has 4 nitrogen and oxygen atoms in total. The van der Waals surface area contributed by atoms with E-state index in [1.165, 1.54) is 5.56 Å². The maximum atomic E-state index is 12.6. The van der Waals surface area contributed by atoms with Crippen molar-refractivity contribution in [2.24, 2.45) is 0 Å². The predicted octanol–water partition coefficient (Wildman–Crippen LogP) is 5.26. The SMILES string of the molecule is COCc1ccccc1C(=O)Nc1ccc(NC(C)c2ccccc2)cc1. The minimum absolute atomic E-state index is 0.138. The molecule has 27 heavy (non-hydrogen) atoms. The van der Waals surface area contributed by atoms with Gasteiger partial charge in [0.05, 0.1) is 6.61 Å². The Kier molecular flexibility index (Phi) is 6.23. The smallest absolute Gasteiger partial charge is 0.256 e. The fourth-order valence-corrected chi connectivity index (χ4v) is 2.95. The van der Waals surface area contributed by atoms with E-state index in [-0.39, 0.29) is 11.9 Å². The Bertz CT molecular complexity index is 876. The second-order valence-corrected chi connectivity index (χ2v) is 6.40. The number of hydrogen-bond acceptors (Lipinski definition) is 3. The molecular formula is C23H24N2O2. The van der Waals surface area contributed by atoms with Gasteiger partial charge in [-0.1, -0.05) is 48.5 Å². The van der Waals surface area contributed by atoms with E-state index in [9.17, 15) is 4.79 Å². The van der Waals surface area contributed by atoms with Gasteiger partial charge in [0.1, 0.15) is 0 Å². The van der Waals surface area contributed by atoms with Gasteiger partial charge in [-0.05, 0) is 48.4 Å². The fourth-order valence-electron chi connectivity index (χ4n) is 2.95. The molecule has 0 bridgehead atoms. The van der Waals surface area contributed by atoms with Crippen LogP contribution in [-0.4, -0.2) is 13.0 Å². The first-order valence-corrected chi connectivity index (χ1v) is 8.97. The molecule has 0 fully saturated rings. The van der Waals surface area contributed by atoms with Crippen molar-refractivity contribution in [3.8, 4) is 0 Å². The Morgan fingerprint density at radius 3 is 2.22 bits per heavy atom. The van der Waals surface area contributed by atoms with Crippen molar-refractivity contribution in [3.05, 3.63) is 95.6 Å². The van der Waals surface area contributed by atoms with E-state index in [1.807, 2.05) is 60.7 Å². The molecule has 3 aromatic carbocycles. The first-order valence-electron chi connectivity index (χ1n) is 8.97. The van der Waals surface area contributed by atoms with Crippen molar-refractivity contribution in [1.82, 2.24) is 0 Å². The summed E-state index contributed by atoms with van der Waals surface area (Å²) in [5, 5.41) is 6.41. The zero-order valence-corrected chi connectivity index (χ0v) is 15.6. The topological polar surface area (TPSA) is 50.4 Å². The lowest BCUT2D eigenvalue weighted by molar-refractivity contribution is 0.102. The van der Waals surface area contributed by atoms with Crippen LogP contribution in [0.5, 0.6) is 0 Å². The van der Waals surface area contributed by atoms with Crippen LogP contribution in [0.3, 0.4) is 0 Å². The summed E-state index contributed by atoms with van der Waals surface area (Å²) in [6.45, 7) is 2.53. The Morgan fingerprint density at radius 1 is 0.889 bits per heavy atom. The van der Waals surface area contributed by atoms with Crippen molar-refractivity contribution in [2.45, 2.75) is 19.6 Å². The van der Waals surface area contributed by atoms with E-state index in [0.717, 1.165) is 16.9 Å². The molecule has 0 aliphatic rings. The monoisotopic (exact) mass is 360 g/mol. The van der Waals surface area contributed by atoms with Gasteiger partial charge in [0, 0.05) is 30.1 Å². The normalized spacial score (nSPS) is 11.6. The van der Waals surface area contributed by atoms with Gasteiger partial charge in [-0.2, -0.15) is 0 Å². The van der Waals surface area contributed by atoms with Crippen LogP contribution in [0, 0.1) is 0 Å². The Labute approximate surface area is 160 Å². The van der Waals surface area contributed by atoms with Gasteiger partial charge in [0.2, 0.25) is 0 Å². The molecule has 1 atom stereocenters. The number of ether oxygens (including phenoxy) is 1. The van der Waals surface area contributed by atoms with Crippen LogP contribution in [-0.2, 0) is 11.3 Å². The maximum Gasteiger partial charge on any atom is 0.256 e. The lowest BCUT2D eigenvalue weighted by Crippen LogP contribution is -2.14. The second-order valence-electron chi connectivity index (χ2n) is 6.40. The Hall–Kier alpha value is -3.11. The highest BCUT2D eigenvalue weighted by atomic mass is 16.5. The van der Waals surface area contributed by atoms with Gasteiger partial charge in [0.25, 0.3) is 5.91 Å². The van der Waals surface area contributed by atoms with Gasteiger partial charge >= 0.3 is 0 Å². The van der Waals surface area contributed by atoms with E-state index >= 15 is 0 Å². The van der Waals surface area contributed by atoms with Crippen LogP contribution in [0.2, 0.25) is 0 Å². The quantitative estimate of drug-likeness (QED) is 0.604. The van der Waals surface area contributed by atoms with E-state index in [4.69, 9.17) is 4.74 Å². The van der Waals surface area contributed by atoms with Gasteiger partial charge in [-0.3, -0.25) is 4.79 Å². The summed E-state index contributed by atoms with van der Waals surface area (Å²) < 4.78 is 5.17. The van der Waals surface area contributed by atoms with Crippen molar-refractivity contribution >= 4 is 17.3 Å². The summed E-state index contributed by atoms with van der Waals surface area (Å²) in [5.74, 6) is -0.138. The molecule has 0 saturated heterocycles. The number of hydrogen-bond donors (Lipinski definition) is 2. The average molecular weight is 360 g/mol. The van der Waals surface area contributed by atoms with Gasteiger partial charge in [-0.15, -0.1) is 0 Å². The molecule has 0 radical (unpaired) electrons. The first kappa shape index (κ1) is 18.7. The summed E-state index contributed by atoms with van der Waals surface area (Å²) in [7, 11) is 1.62. The molecule has 1 amide bonds. The van der Waals surface area contributed by atoms with E-state index < -0.39 is 0 Å². The second kappa shape index (κ2) is 9.01. The first-order chi connectivity index (χ1) is 13.2. The molecule has 0 aliphatic carbocycles. The molecule has 0 spiro atoms. The van der Waals surface area contributed by atoms with Gasteiger partial charge in [-0.25, -0.2) is 0 Å². The van der Waals surface area contributed by atoms with E-state index in [2.05, 4.69) is 29.7 Å². The number of rotatable bonds is 7. The predicted molar refractivity (Wildman–Crippen MR) is 110 cm³/mol. The van der Waals surface area contributed by atoms with E-state index in [1.54, 1.807) is 13.2 Å². The zero-order valence-electron chi connectivity index (χ0n) is 15.6. The highest BCUT2D eigenvalue weighted by Gasteiger charge is 2.11. The largest absolute Gasteiger partial charge is 0.380 e. The van der Waals surface area contributed by atoms with Crippen LogP contribution < -0.4 is 10.6 Å². The molecule has 4 heteroatoms. The van der Waals surface area contributed by atoms with Gasteiger partial charge < -0.3 is 15.4 Å². The van der Waals surface area contributed by atoms with Crippen molar-refractivity contribution in [1.29, 1.82) is 0 Å². The van der Waals surface area contributed by atoms with E-state index in [0.29, 0.717) is 12.2 Å². The Morgan fingerprint density at radius 2 is 1.52 bits per heavy atom. The van der Waals surface area contributed by atoms with Crippen molar-refractivity contribution in [2.75, 3.05) is 17.7 Å². The third kappa shape index (κ3) is 4.96. The molecule has 3 rings (SSSR count). The molecule has 0 heterocycles. The number of carbonyl (C=O) groups is 1. The highest BCUT2D eigenvalue weighted by molar-refractivity contribution is 6.05. The number of amides is 1. The molecule has 1 unspecified atom stereocenters. The van der Waals surface area contributed by atoms with Gasteiger partial charge in [0.15, 0.2) is 0 Å². The summed E-state index contributed by atoms with van der Waals surface area (Å²) in [5.41, 5.74) is 4.48. The summed E-state index contributed by atoms with van der Waals surface area (Å²) >= 11 is 0. The van der Waals surface area contributed by atoms with Crippen LogP contribution in [0.1, 0.15) is 34.5 Å². The van der Waals surface area contributed by atoms with Crippen molar-refractivity contribution in [3.63, 3.8) is 0 Å². The summed E-state index contributed by atoms with van der Waals surface area (Å²) in [6.07, 6.45) is 0. The molecule has 0 saturated carbocycles. The lowest BCUT2D eigenvalue weighted by atomic mass is 10.1. The number of benzene rings is 3. The third-order valence-corrected chi connectivity index (χ3v) is 4.39. The fraction of sp³-hybridized carbons (Fsp3) is 0.174. The Balaban J connectivity index is 1.65. The van der Waals surface area contributed by atoms with Crippen molar-refractivity contribution < 1.29 is 9.53 Å². The number of methoxy groups -OCH3 is 1.